The van der Waals surface area contributed by atoms with Crippen molar-refractivity contribution >= 4 is 39.7 Å². The molecule has 9 heteroatoms. The van der Waals surface area contributed by atoms with Gasteiger partial charge in [-0.1, -0.05) is 13.8 Å². The van der Waals surface area contributed by atoms with E-state index in [1.54, 1.807) is 13.8 Å². The summed E-state index contributed by atoms with van der Waals surface area (Å²) in [5, 5.41) is 11.1. The summed E-state index contributed by atoms with van der Waals surface area (Å²) in [5.74, 6) is 0.626. The van der Waals surface area contributed by atoms with Gasteiger partial charge in [0.25, 0.3) is 0 Å². The van der Waals surface area contributed by atoms with E-state index in [-0.39, 0.29) is 5.75 Å². The van der Waals surface area contributed by atoms with Gasteiger partial charge in [0.1, 0.15) is 5.75 Å². The fourth-order valence-electron chi connectivity index (χ4n) is 3.18. The Balaban J connectivity index is 0.00000151. The standard InChI is InChI=1S/C16H22F3O2PS.OS/c1-14(2,9-15(20,4-6-23)16(17,18)19)12-8-11(22)7-10-3-5-21-13(10)12;1-2/h7-8,20,23H,3-6,9,22H2,1-2H3;/t15-;/m1./s1. The van der Waals surface area contributed by atoms with Gasteiger partial charge in [0.05, 0.1) is 6.61 Å². The third kappa shape index (κ3) is 5.06. The van der Waals surface area contributed by atoms with Crippen LogP contribution in [0.15, 0.2) is 12.1 Å². The van der Waals surface area contributed by atoms with Crippen LogP contribution >= 0.6 is 21.9 Å². The van der Waals surface area contributed by atoms with E-state index < -0.39 is 30.0 Å². The van der Waals surface area contributed by atoms with Crippen LogP contribution in [0.1, 0.15) is 37.8 Å². The maximum absolute atomic E-state index is 13.4. The van der Waals surface area contributed by atoms with E-state index >= 15 is 0 Å². The van der Waals surface area contributed by atoms with Crippen LogP contribution in [-0.4, -0.2) is 33.5 Å². The molecular weight excluding hydrogens is 392 g/mol. The van der Waals surface area contributed by atoms with Gasteiger partial charge in [-0.3, -0.25) is 0 Å². The summed E-state index contributed by atoms with van der Waals surface area (Å²) in [6, 6.07) is 3.79. The zero-order chi connectivity index (χ0) is 19.5. The van der Waals surface area contributed by atoms with Gasteiger partial charge in [0.15, 0.2) is 18.1 Å². The molecule has 0 fully saturated rings. The molecule has 0 radical (unpaired) electrons. The molecule has 1 aromatic carbocycles. The Labute approximate surface area is 158 Å². The quantitative estimate of drug-likeness (QED) is 0.574. The fourth-order valence-corrected chi connectivity index (χ4v) is 3.91. The van der Waals surface area contributed by atoms with E-state index in [2.05, 4.69) is 34.4 Å². The number of thiol groups is 1. The number of halogens is 3. The Morgan fingerprint density at radius 1 is 1.32 bits per heavy atom. The molecule has 1 aliphatic heterocycles. The molecule has 1 heterocycles. The molecule has 2 rings (SSSR count). The molecule has 1 N–H and O–H groups in total. The lowest BCUT2D eigenvalue weighted by Crippen LogP contribution is -2.49. The van der Waals surface area contributed by atoms with Gasteiger partial charge in [-0.2, -0.15) is 30.0 Å². The first kappa shape index (κ1) is 22.6. The lowest BCUT2D eigenvalue weighted by molar-refractivity contribution is -0.267. The van der Waals surface area contributed by atoms with Crippen molar-refractivity contribution in [2.75, 3.05) is 12.4 Å². The van der Waals surface area contributed by atoms with Gasteiger partial charge >= 0.3 is 6.18 Å². The lowest BCUT2D eigenvalue weighted by Gasteiger charge is -2.38. The number of hydrogen-bond acceptors (Lipinski definition) is 5. The van der Waals surface area contributed by atoms with E-state index in [0.717, 1.165) is 17.3 Å². The molecule has 0 aromatic heterocycles. The van der Waals surface area contributed by atoms with Crippen LogP contribution in [0.3, 0.4) is 0 Å². The maximum atomic E-state index is 13.4. The van der Waals surface area contributed by atoms with Crippen LogP contribution in [0.2, 0.25) is 0 Å². The van der Waals surface area contributed by atoms with E-state index in [1.807, 2.05) is 12.1 Å². The van der Waals surface area contributed by atoms with Crippen LogP contribution in [0.25, 0.3) is 0 Å². The molecule has 25 heavy (non-hydrogen) atoms. The summed E-state index contributed by atoms with van der Waals surface area (Å²) < 4.78 is 53.6. The van der Waals surface area contributed by atoms with Crippen molar-refractivity contribution in [3.8, 4) is 5.75 Å². The molecule has 2 atom stereocenters. The molecule has 0 spiro atoms. The van der Waals surface area contributed by atoms with E-state index in [9.17, 15) is 18.3 Å². The molecule has 0 saturated heterocycles. The van der Waals surface area contributed by atoms with Gasteiger partial charge in [-0.15, -0.1) is 9.24 Å². The second-order valence-electron chi connectivity index (χ2n) is 6.72. The number of alkyl halides is 3. The number of benzene rings is 1. The number of rotatable bonds is 5. The summed E-state index contributed by atoms with van der Waals surface area (Å²) in [6.07, 6.45) is -4.82. The Kier molecular flexibility index (Phi) is 7.69. The highest BCUT2D eigenvalue weighted by atomic mass is 32.1. The fraction of sp³-hybridized carbons (Fsp3) is 0.625. The molecule has 142 valence electrons. The molecule has 0 amide bonds. The summed E-state index contributed by atoms with van der Waals surface area (Å²) >= 11 is 6.71. The largest absolute Gasteiger partial charge is 0.493 e. The molecule has 0 bridgehead atoms. The Hall–Kier alpha value is -0.430. The van der Waals surface area contributed by atoms with E-state index in [0.29, 0.717) is 17.9 Å². The first-order valence-electron chi connectivity index (χ1n) is 7.62. The number of ether oxygens (including phenoxy) is 1. The van der Waals surface area contributed by atoms with Crippen LogP contribution in [0.4, 0.5) is 13.2 Å². The average Bonchev–Trinajstić information content (AvgIpc) is 2.94. The summed E-state index contributed by atoms with van der Waals surface area (Å²) in [6.45, 7) is 3.96. The minimum atomic E-state index is -4.70. The van der Waals surface area contributed by atoms with Crippen molar-refractivity contribution in [2.45, 2.75) is 50.3 Å². The van der Waals surface area contributed by atoms with E-state index in [4.69, 9.17) is 8.95 Å². The van der Waals surface area contributed by atoms with Crippen LogP contribution in [-0.2, 0) is 24.4 Å². The highest BCUT2D eigenvalue weighted by Crippen LogP contribution is 2.46. The number of aliphatic hydroxyl groups is 1. The molecule has 3 nitrogen and oxygen atoms in total. The van der Waals surface area contributed by atoms with Crippen molar-refractivity contribution < 1.29 is 27.2 Å². The minimum absolute atomic E-state index is 0.0373. The van der Waals surface area contributed by atoms with Crippen LogP contribution in [0.5, 0.6) is 5.75 Å². The SMILES string of the molecule is CC(C)(C[C@](O)(CCS)C(F)(F)F)c1cc(P)cc2c1OCC2.O=S. The first-order chi connectivity index (χ1) is 11.5. The Morgan fingerprint density at radius 2 is 1.92 bits per heavy atom. The van der Waals surface area contributed by atoms with Gasteiger partial charge in [-0.05, 0) is 47.0 Å². The minimum Gasteiger partial charge on any atom is -0.493 e. The van der Waals surface area contributed by atoms with Gasteiger partial charge in [0.2, 0.25) is 0 Å². The average molecular weight is 414 g/mol. The van der Waals surface area contributed by atoms with Crippen molar-refractivity contribution in [1.82, 2.24) is 0 Å². The molecule has 0 aliphatic carbocycles. The monoisotopic (exact) mass is 414 g/mol. The lowest BCUT2D eigenvalue weighted by atomic mass is 9.73. The van der Waals surface area contributed by atoms with Crippen molar-refractivity contribution in [1.29, 1.82) is 0 Å². The van der Waals surface area contributed by atoms with E-state index in [1.165, 1.54) is 0 Å². The highest BCUT2D eigenvalue weighted by Gasteiger charge is 2.55. The predicted octanol–water partition coefficient (Wildman–Crippen LogP) is 3.07. The second kappa shape index (κ2) is 8.51. The molecule has 1 aromatic rings. The molecule has 1 unspecified atom stereocenters. The third-order valence-electron chi connectivity index (χ3n) is 4.32. The Bertz CT molecular complexity index is 611. The molecule has 1 aliphatic rings. The predicted molar refractivity (Wildman–Crippen MR) is 100 cm³/mol. The third-order valence-corrected chi connectivity index (χ3v) is 4.88. The molecule has 0 saturated carbocycles. The number of fused-ring (bicyclic) bond motifs is 1. The number of hydrogen-bond donors (Lipinski definition) is 2. The Morgan fingerprint density at radius 3 is 2.44 bits per heavy atom. The second-order valence-corrected chi connectivity index (χ2v) is 7.83. The maximum Gasteiger partial charge on any atom is 0.417 e. The summed E-state index contributed by atoms with van der Waals surface area (Å²) in [5.41, 5.74) is -1.95. The zero-order valence-corrected chi connectivity index (χ0v) is 16.9. The first-order valence-corrected chi connectivity index (χ1v) is 9.17. The van der Waals surface area contributed by atoms with Gasteiger partial charge < -0.3 is 9.84 Å². The van der Waals surface area contributed by atoms with Gasteiger partial charge in [0, 0.05) is 12.0 Å². The smallest absolute Gasteiger partial charge is 0.417 e. The topological polar surface area (TPSA) is 46.5 Å². The van der Waals surface area contributed by atoms with Gasteiger partial charge in [-0.25, -0.2) is 0 Å². The van der Waals surface area contributed by atoms with Crippen LogP contribution in [0, 0.1) is 0 Å². The normalized spacial score (nSPS) is 16.3. The molecular formula is C16H22F3O3PS2. The van der Waals surface area contributed by atoms with Crippen molar-refractivity contribution in [3.05, 3.63) is 23.3 Å². The van der Waals surface area contributed by atoms with Crippen molar-refractivity contribution in [3.63, 3.8) is 0 Å². The summed E-state index contributed by atoms with van der Waals surface area (Å²) in [4.78, 5) is 0. The van der Waals surface area contributed by atoms with Crippen molar-refractivity contribution in [2.24, 2.45) is 0 Å². The highest BCUT2D eigenvalue weighted by molar-refractivity contribution is 7.80. The zero-order valence-electron chi connectivity index (χ0n) is 14.0. The summed E-state index contributed by atoms with van der Waals surface area (Å²) in [7, 11) is 2.58. The van der Waals surface area contributed by atoms with Crippen LogP contribution < -0.4 is 10.0 Å².